The lowest BCUT2D eigenvalue weighted by molar-refractivity contribution is -0.148. The number of aryl methyl sites for hydroxylation is 1. The van der Waals surface area contributed by atoms with Crippen molar-refractivity contribution in [1.29, 1.82) is 0 Å². The molecule has 1 amide bonds. The number of ether oxygens (including phenoxy) is 1. The molecule has 1 heterocycles. The third kappa shape index (κ3) is 6.51. The second-order valence-electron chi connectivity index (χ2n) is 5.84. The number of amides is 1. The standard InChI is InChI=1S/C19H22N2O3S/c1-13(2)24-19(23)11-17(15-7-5-4-6-8-15)21-18(22)10-9-16-12-25-14(3)20-16/h4-10,12-13,17H,11H2,1-3H3,(H,21,22)/b10-9+. The van der Waals surface area contributed by atoms with Gasteiger partial charge in [0.05, 0.1) is 29.3 Å². The topological polar surface area (TPSA) is 68.3 Å². The molecule has 2 aromatic rings. The maximum absolute atomic E-state index is 12.2. The van der Waals surface area contributed by atoms with Crippen LogP contribution in [0.4, 0.5) is 0 Å². The van der Waals surface area contributed by atoms with E-state index >= 15 is 0 Å². The Bertz CT molecular complexity index is 738. The Hall–Kier alpha value is -2.47. The normalized spacial score (nSPS) is 12.3. The van der Waals surface area contributed by atoms with Crippen molar-refractivity contribution >= 4 is 29.3 Å². The Kier molecular flexibility index (Phi) is 6.89. The molecule has 1 atom stereocenters. The minimum Gasteiger partial charge on any atom is -0.463 e. The summed E-state index contributed by atoms with van der Waals surface area (Å²) in [4.78, 5) is 28.5. The Morgan fingerprint density at radius 1 is 1.28 bits per heavy atom. The van der Waals surface area contributed by atoms with Crippen LogP contribution >= 0.6 is 11.3 Å². The van der Waals surface area contributed by atoms with E-state index in [1.54, 1.807) is 19.9 Å². The molecule has 0 spiro atoms. The van der Waals surface area contributed by atoms with Crippen molar-refractivity contribution in [3.05, 3.63) is 58.1 Å². The molecule has 0 aliphatic carbocycles. The summed E-state index contributed by atoms with van der Waals surface area (Å²) in [6.07, 6.45) is 2.98. The largest absolute Gasteiger partial charge is 0.463 e. The smallest absolute Gasteiger partial charge is 0.308 e. The molecule has 1 unspecified atom stereocenters. The molecular weight excluding hydrogens is 336 g/mol. The van der Waals surface area contributed by atoms with Gasteiger partial charge < -0.3 is 10.1 Å². The highest BCUT2D eigenvalue weighted by Gasteiger charge is 2.19. The molecule has 1 aromatic carbocycles. The van der Waals surface area contributed by atoms with Gasteiger partial charge in [0.2, 0.25) is 5.91 Å². The van der Waals surface area contributed by atoms with Gasteiger partial charge in [-0.15, -0.1) is 11.3 Å². The SMILES string of the molecule is Cc1nc(/C=C/C(=O)NC(CC(=O)OC(C)C)c2ccccc2)cs1. The molecule has 0 bridgehead atoms. The van der Waals surface area contributed by atoms with Crippen LogP contribution in [0.1, 0.15) is 42.6 Å². The van der Waals surface area contributed by atoms with Crippen molar-refractivity contribution in [2.45, 2.75) is 39.3 Å². The first-order valence-electron chi connectivity index (χ1n) is 8.09. The van der Waals surface area contributed by atoms with Gasteiger partial charge in [0.1, 0.15) is 0 Å². The Balaban J connectivity index is 2.05. The molecule has 0 fully saturated rings. The lowest BCUT2D eigenvalue weighted by Gasteiger charge is -2.18. The minimum atomic E-state index is -0.443. The molecule has 1 aromatic heterocycles. The number of rotatable bonds is 7. The van der Waals surface area contributed by atoms with Crippen LogP contribution in [0.3, 0.4) is 0 Å². The Labute approximate surface area is 151 Å². The number of carbonyl (C=O) groups is 2. The fourth-order valence-electron chi connectivity index (χ4n) is 2.25. The summed E-state index contributed by atoms with van der Waals surface area (Å²) in [5, 5.41) is 5.69. The van der Waals surface area contributed by atoms with E-state index < -0.39 is 6.04 Å². The first kappa shape index (κ1) is 18.9. The van der Waals surface area contributed by atoms with E-state index in [1.165, 1.54) is 17.4 Å². The number of nitrogens with one attached hydrogen (secondary N) is 1. The molecule has 6 heteroatoms. The van der Waals surface area contributed by atoms with E-state index in [0.717, 1.165) is 16.3 Å². The Morgan fingerprint density at radius 3 is 2.60 bits per heavy atom. The summed E-state index contributed by atoms with van der Waals surface area (Å²) in [6.45, 7) is 5.51. The lowest BCUT2D eigenvalue weighted by Crippen LogP contribution is -2.29. The van der Waals surface area contributed by atoms with Crippen LogP contribution in [0.15, 0.2) is 41.8 Å². The van der Waals surface area contributed by atoms with E-state index in [-0.39, 0.29) is 24.4 Å². The number of esters is 1. The van der Waals surface area contributed by atoms with Gasteiger partial charge in [-0.05, 0) is 32.4 Å². The first-order valence-corrected chi connectivity index (χ1v) is 8.97. The number of carbonyl (C=O) groups excluding carboxylic acids is 2. The van der Waals surface area contributed by atoms with Crippen LogP contribution in [-0.4, -0.2) is 23.0 Å². The van der Waals surface area contributed by atoms with Gasteiger partial charge in [-0.3, -0.25) is 9.59 Å². The predicted molar refractivity (Wildman–Crippen MR) is 99.1 cm³/mol. The molecule has 5 nitrogen and oxygen atoms in total. The number of nitrogens with zero attached hydrogens (tertiary/aromatic N) is 1. The predicted octanol–water partition coefficient (Wildman–Crippen LogP) is 3.66. The van der Waals surface area contributed by atoms with Gasteiger partial charge in [-0.1, -0.05) is 30.3 Å². The maximum atomic E-state index is 12.2. The van der Waals surface area contributed by atoms with E-state index in [4.69, 9.17) is 4.74 Å². The molecule has 1 N–H and O–H groups in total. The maximum Gasteiger partial charge on any atom is 0.308 e. The summed E-state index contributed by atoms with van der Waals surface area (Å²) in [5.74, 6) is -0.625. The molecule has 25 heavy (non-hydrogen) atoms. The molecule has 0 saturated carbocycles. The number of aromatic nitrogens is 1. The highest BCUT2D eigenvalue weighted by atomic mass is 32.1. The molecule has 2 rings (SSSR count). The van der Waals surface area contributed by atoms with Gasteiger partial charge >= 0.3 is 5.97 Å². The van der Waals surface area contributed by atoms with E-state index in [1.807, 2.05) is 42.6 Å². The number of hydrogen-bond acceptors (Lipinski definition) is 5. The zero-order valence-electron chi connectivity index (χ0n) is 14.6. The van der Waals surface area contributed by atoms with Crippen molar-refractivity contribution in [3.8, 4) is 0 Å². The van der Waals surface area contributed by atoms with Crippen LogP contribution in [0.5, 0.6) is 0 Å². The third-order valence-corrected chi connectivity index (χ3v) is 4.09. The van der Waals surface area contributed by atoms with Crippen LogP contribution in [0.25, 0.3) is 6.08 Å². The molecule has 0 aliphatic heterocycles. The molecule has 0 radical (unpaired) electrons. The van der Waals surface area contributed by atoms with Crippen LogP contribution in [0.2, 0.25) is 0 Å². The van der Waals surface area contributed by atoms with Crippen LogP contribution in [0, 0.1) is 6.92 Å². The zero-order chi connectivity index (χ0) is 18.2. The van der Waals surface area contributed by atoms with Gasteiger partial charge in [-0.2, -0.15) is 0 Å². The monoisotopic (exact) mass is 358 g/mol. The highest BCUT2D eigenvalue weighted by molar-refractivity contribution is 7.09. The van der Waals surface area contributed by atoms with Gasteiger partial charge in [0.25, 0.3) is 0 Å². The minimum absolute atomic E-state index is 0.0809. The van der Waals surface area contributed by atoms with Gasteiger partial charge in [0.15, 0.2) is 0 Å². The summed E-state index contributed by atoms with van der Waals surface area (Å²) >= 11 is 1.53. The second-order valence-corrected chi connectivity index (χ2v) is 6.90. The summed E-state index contributed by atoms with van der Waals surface area (Å²) in [6, 6.07) is 8.94. The lowest BCUT2D eigenvalue weighted by atomic mass is 10.0. The van der Waals surface area contributed by atoms with Crippen LogP contribution < -0.4 is 5.32 Å². The first-order chi connectivity index (χ1) is 11.9. The fraction of sp³-hybridized carbons (Fsp3) is 0.316. The molecular formula is C19H22N2O3S. The van der Waals surface area contributed by atoms with Gasteiger partial charge in [0, 0.05) is 11.5 Å². The molecule has 0 aliphatic rings. The van der Waals surface area contributed by atoms with Crippen molar-refractivity contribution in [1.82, 2.24) is 10.3 Å². The van der Waals surface area contributed by atoms with E-state index in [0.29, 0.717) is 0 Å². The number of thiazole rings is 1. The average Bonchev–Trinajstić information content (AvgIpc) is 2.98. The quantitative estimate of drug-likeness (QED) is 0.606. The average molecular weight is 358 g/mol. The zero-order valence-corrected chi connectivity index (χ0v) is 15.4. The van der Waals surface area contributed by atoms with Crippen LogP contribution in [-0.2, 0) is 14.3 Å². The summed E-state index contributed by atoms with van der Waals surface area (Å²) in [5.41, 5.74) is 1.60. The van der Waals surface area contributed by atoms with E-state index in [2.05, 4.69) is 10.3 Å². The summed E-state index contributed by atoms with van der Waals surface area (Å²) in [7, 11) is 0. The molecule has 0 saturated heterocycles. The number of hydrogen-bond donors (Lipinski definition) is 1. The highest BCUT2D eigenvalue weighted by Crippen LogP contribution is 2.18. The molecule has 132 valence electrons. The van der Waals surface area contributed by atoms with Crippen molar-refractivity contribution in [3.63, 3.8) is 0 Å². The summed E-state index contributed by atoms with van der Waals surface area (Å²) < 4.78 is 5.20. The Morgan fingerprint density at radius 2 is 2.00 bits per heavy atom. The fourth-order valence-corrected chi connectivity index (χ4v) is 2.83. The van der Waals surface area contributed by atoms with Crippen molar-refractivity contribution in [2.75, 3.05) is 0 Å². The number of benzene rings is 1. The second kappa shape index (κ2) is 9.13. The van der Waals surface area contributed by atoms with Crippen molar-refractivity contribution < 1.29 is 14.3 Å². The third-order valence-electron chi connectivity index (χ3n) is 3.30. The van der Waals surface area contributed by atoms with Crippen molar-refractivity contribution in [2.24, 2.45) is 0 Å². The van der Waals surface area contributed by atoms with E-state index in [9.17, 15) is 9.59 Å². The van der Waals surface area contributed by atoms with Gasteiger partial charge in [-0.25, -0.2) is 4.98 Å².